The van der Waals surface area contributed by atoms with Crippen molar-refractivity contribution >= 4 is 40.4 Å². The molecule has 0 spiro atoms. The van der Waals surface area contributed by atoms with Crippen molar-refractivity contribution in [1.29, 1.82) is 0 Å². The monoisotopic (exact) mass is 381 g/mol. The summed E-state index contributed by atoms with van der Waals surface area (Å²) in [7, 11) is 3.97. The molecular weight excluding hydrogens is 362 g/mol. The van der Waals surface area contributed by atoms with Crippen LogP contribution in [0, 0.1) is 6.92 Å². The fourth-order valence-corrected chi connectivity index (χ4v) is 2.64. The van der Waals surface area contributed by atoms with Gasteiger partial charge in [-0.1, -0.05) is 17.7 Å². The van der Waals surface area contributed by atoms with Crippen LogP contribution in [0.1, 0.15) is 16.1 Å². The smallest absolute Gasteiger partial charge is 0.274 e. The SMILES string of the molecule is Cc1c(Cl)cccc1NC(=O)c1cc(Nc2ccc(N(C)C)cc2)ncn1. The Labute approximate surface area is 163 Å². The zero-order valence-corrected chi connectivity index (χ0v) is 16.1. The van der Waals surface area contributed by atoms with Gasteiger partial charge in [-0.15, -0.1) is 0 Å². The summed E-state index contributed by atoms with van der Waals surface area (Å²) in [6.07, 6.45) is 1.36. The van der Waals surface area contributed by atoms with Crippen LogP contribution in [-0.4, -0.2) is 30.0 Å². The molecule has 3 aromatic rings. The van der Waals surface area contributed by atoms with Crippen LogP contribution < -0.4 is 15.5 Å². The number of hydrogen-bond donors (Lipinski definition) is 2. The number of benzene rings is 2. The molecule has 1 amide bonds. The molecule has 0 saturated carbocycles. The van der Waals surface area contributed by atoms with E-state index in [0.717, 1.165) is 16.9 Å². The molecule has 7 heteroatoms. The number of hydrogen-bond acceptors (Lipinski definition) is 5. The number of amides is 1. The largest absolute Gasteiger partial charge is 0.378 e. The van der Waals surface area contributed by atoms with Gasteiger partial charge in [-0.3, -0.25) is 4.79 Å². The third-order valence-electron chi connectivity index (χ3n) is 4.07. The van der Waals surface area contributed by atoms with Crippen molar-refractivity contribution in [3.63, 3.8) is 0 Å². The first-order chi connectivity index (χ1) is 12.9. The fourth-order valence-electron chi connectivity index (χ4n) is 2.47. The van der Waals surface area contributed by atoms with Crippen LogP contribution in [0.5, 0.6) is 0 Å². The van der Waals surface area contributed by atoms with Crippen molar-refractivity contribution in [1.82, 2.24) is 9.97 Å². The minimum Gasteiger partial charge on any atom is -0.378 e. The van der Waals surface area contributed by atoms with E-state index in [9.17, 15) is 4.79 Å². The number of nitrogens with one attached hydrogen (secondary N) is 2. The van der Waals surface area contributed by atoms with Crippen LogP contribution in [0.2, 0.25) is 5.02 Å². The number of carbonyl (C=O) groups excluding carboxylic acids is 1. The highest BCUT2D eigenvalue weighted by molar-refractivity contribution is 6.31. The molecule has 138 valence electrons. The van der Waals surface area contributed by atoms with E-state index < -0.39 is 0 Å². The fraction of sp³-hybridized carbons (Fsp3) is 0.150. The predicted molar refractivity (Wildman–Crippen MR) is 110 cm³/mol. The number of carbonyl (C=O) groups is 1. The lowest BCUT2D eigenvalue weighted by Gasteiger charge is -2.13. The van der Waals surface area contributed by atoms with Gasteiger partial charge >= 0.3 is 0 Å². The molecule has 0 aliphatic carbocycles. The van der Waals surface area contributed by atoms with E-state index in [1.807, 2.05) is 50.2 Å². The second-order valence-electron chi connectivity index (χ2n) is 6.22. The number of aromatic nitrogens is 2. The van der Waals surface area contributed by atoms with E-state index in [0.29, 0.717) is 16.5 Å². The zero-order chi connectivity index (χ0) is 19.4. The summed E-state index contributed by atoms with van der Waals surface area (Å²) in [5.41, 5.74) is 3.69. The van der Waals surface area contributed by atoms with Crippen LogP contribution in [0.15, 0.2) is 54.9 Å². The highest BCUT2D eigenvalue weighted by Crippen LogP contribution is 2.24. The maximum Gasteiger partial charge on any atom is 0.274 e. The molecule has 1 heterocycles. The Morgan fingerprint density at radius 3 is 2.52 bits per heavy atom. The summed E-state index contributed by atoms with van der Waals surface area (Å²) in [5.74, 6) is 0.212. The second kappa shape index (κ2) is 8.05. The van der Waals surface area contributed by atoms with Gasteiger partial charge in [0.2, 0.25) is 0 Å². The van der Waals surface area contributed by atoms with E-state index in [2.05, 4.69) is 20.6 Å². The molecule has 0 aliphatic rings. The summed E-state index contributed by atoms with van der Waals surface area (Å²) in [6.45, 7) is 1.85. The van der Waals surface area contributed by atoms with E-state index in [1.165, 1.54) is 6.33 Å². The van der Waals surface area contributed by atoms with Gasteiger partial charge in [0.1, 0.15) is 17.8 Å². The first-order valence-electron chi connectivity index (χ1n) is 8.37. The minimum absolute atomic E-state index is 0.261. The van der Waals surface area contributed by atoms with E-state index in [4.69, 9.17) is 11.6 Å². The first-order valence-corrected chi connectivity index (χ1v) is 8.75. The summed E-state index contributed by atoms with van der Waals surface area (Å²) in [5, 5.41) is 6.61. The van der Waals surface area contributed by atoms with Gasteiger partial charge < -0.3 is 15.5 Å². The molecule has 0 atom stereocenters. The molecule has 1 aromatic heterocycles. The number of anilines is 4. The molecule has 2 aromatic carbocycles. The van der Waals surface area contributed by atoms with Crippen molar-refractivity contribution in [3.8, 4) is 0 Å². The first kappa shape index (κ1) is 18.7. The van der Waals surface area contributed by atoms with Crippen molar-refractivity contribution in [3.05, 3.63) is 71.1 Å². The van der Waals surface area contributed by atoms with Crippen LogP contribution in [-0.2, 0) is 0 Å². The summed E-state index contributed by atoms with van der Waals surface area (Å²) >= 11 is 6.10. The molecular formula is C20H20ClN5O. The number of rotatable bonds is 5. The standard InChI is InChI=1S/C20H20ClN5O/c1-13-16(21)5-4-6-17(13)25-20(27)18-11-19(23-12-22-18)24-14-7-9-15(10-8-14)26(2)3/h4-12H,1-3H3,(H,25,27)(H,22,23,24). The second-order valence-corrected chi connectivity index (χ2v) is 6.63. The summed E-state index contributed by atoms with van der Waals surface area (Å²) in [4.78, 5) is 22.8. The maximum atomic E-state index is 12.5. The average Bonchev–Trinajstić information content (AvgIpc) is 2.66. The van der Waals surface area contributed by atoms with Gasteiger partial charge in [0.15, 0.2) is 0 Å². The quantitative estimate of drug-likeness (QED) is 0.680. The number of halogens is 1. The molecule has 3 rings (SSSR count). The Hall–Kier alpha value is -3.12. The lowest BCUT2D eigenvalue weighted by molar-refractivity contribution is 0.102. The van der Waals surface area contributed by atoms with Gasteiger partial charge in [-0.05, 0) is 48.9 Å². The Bertz CT molecular complexity index is 957. The molecule has 2 N–H and O–H groups in total. The lowest BCUT2D eigenvalue weighted by Crippen LogP contribution is -2.15. The maximum absolute atomic E-state index is 12.5. The Balaban J connectivity index is 1.74. The van der Waals surface area contributed by atoms with Crippen LogP contribution in [0.25, 0.3) is 0 Å². The number of nitrogens with zero attached hydrogens (tertiary/aromatic N) is 3. The third-order valence-corrected chi connectivity index (χ3v) is 4.48. The lowest BCUT2D eigenvalue weighted by atomic mass is 10.2. The van der Waals surface area contributed by atoms with Crippen LogP contribution in [0.3, 0.4) is 0 Å². The predicted octanol–water partition coefficient (Wildman–Crippen LogP) is 4.50. The average molecular weight is 382 g/mol. The summed E-state index contributed by atoms with van der Waals surface area (Å²) in [6, 6.07) is 14.9. The van der Waals surface area contributed by atoms with Crippen molar-refractivity contribution in [2.75, 3.05) is 29.6 Å². The normalized spacial score (nSPS) is 10.4. The molecule has 0 saturated heterocycles. The topological polar surface area (TPSA) is 70.2 Å². The van der Waals surface area contributed by atoms with Gasteiger partial charge in [0.05, 0.1) is 0 Å². The third kappa shape index (κ3) is 4.54. The molecule has 0 radical (unpaired) electrons. The molecule has 0 fully saturated rings. The van der Waals surface area contributed by atoms with Crippen molar-refractivity contribution in [2.24, 2.45) is 0 Å². The molecule has 0 unspecified atom stereocenters. The zero-order valence-electron chi connectivity index (χ0n) is 15.3. The van der Waals surface area contributed by atoms with Gasteiger partial charge in [-0.2, -0.15) is 0 Å². The molecule has 0 bridgehead atoms. The van der Waals surface area contributed by atoms with Crippen molar-refractivity contribution in [2.45, 2.75) is 6.92 Å². The molecule has 27 heavy (non-hydrogen) atoms. The Morgan fingerprint density at radius 1 is 1.07 bits per heavy atom. The Morgan fingerprint density at radius 2 is 1.81 bits per heavy atom. The summed E-state index contributed by atoms with van der Waals surface area (Å²) < 4.78 is 0. The van der Waals surface area contributed by atoms with Gasteiger partial charge in [0.25, 0.3) is 5.91 Å². The van der Waals surface area contributed by atoms with Gasteiger partial charge in [-0.25, -0.2) is 9.97 Å². The Kier molecular flexibility index (Phi) is 5.57. The van der Waals surface area contributed by atoms with E-state index in [1.54, 1.807) is 24.3 Å². The highest BCUT2D eigenvalue weighted by atomic mass is 35.5. The molecule has 0 aliphatic heterocycles. The van der Waals surface area contributed by atoms with Crippen LogP contribution >= 0.6 is 11.6 Å². The highest BCUT2D eigenvalue weighted by Gasteiger charge is 2.11. The molecule has 6 nitrogen and oxygen atoms in total. The van der Waals surface area contributed by atoms with E-state index in [-0.39, 0.29) is 11.6 Å². The van der Waals surface area contributed by atoms with E-state index >= 15 is 0 Å². The minimum atomic E-state index is -0.325. The van der Waals surface area contributed by atoms with Crippen LogP contribution in [0.4, 0.5) is 22.9 Å². The van der Waals surface area contributed by atoms with Gasteiger partial charge in [0, 0.05) is 42.2 Å². The van der Waals surface area contributed by atoms with Crippen molar-refractivity contribution < 1.29 is 4.79 Å².